The maximum Gasteiger partial charge on any atom is 0.253 e. The molecule has 11 heteroatoms. The third-order valence-corrected chi connectivity index (χ3v) is 5.60. The van der Waals surface area contributed by atoms with Gasteiger partial charge in [-0.15, -0.1) is 26.4 Å². The number of benzene rings is 1. The van der Waals surface area contributed by atoms with Crippen LogP contribution < -0.4 is 10.3 Å². The lowest BCUT2D eigenvalue weighted by molar-refractivity contribution is 0.551. The number of thiophene rings is 1. The molecule has 1 aromatic carbocycles. The molecule has 2 aromatic heterocycles. The molecule has 3 N–H and O–H groups in total. The largest absolute Gasteiger partial charge is 0.253 e. The molecule has 2 heterocycles. The molecule has 1 atom stereocenters. The first-order chi connectivity index (χ1) is 11.1. The smallest absolute Gasteiger partial charge is 0.221 e. The molecule has 0 radical (unpaired) electrons. The summed E-state index contributed by atoms with van der Waals surface area (Å²) in [5, 5.41) is 15.5. The molecule has 3 aromatic rings. The third-order valence-electron chi connectivity index (χ3n) is 2.89. The van der Waals surface area contributed by atoms with Crippen LogP contribution in [0.25, 0.3) is 11.4 Å². The number of tetrazole rings is 1. The van der Waals surface area contributed by atoms with Crippen LogP contribution in [0.15, 0.2) is 46.7 Å². The number of halogens is 1. The Morgan fingerprint density at radius 3 is 2.70 bits per heavy atom. The highest BCUT2D eigenvalue weighted by Crippen LogP contribution is 2.32. The van der Waals surface area contributed by atoms with E-state index < -0.39 is 15.5 Å². The summed E-state index contributed by atoms with van der Waals surface area (Å²) in [6.07, 6.45) is 0. The van der Waals surface area contributed by atoms with Crippen molar-refractivity contribution in [3.05, 3.63) is 46.7 Å². The summed E-state index contributed by atoms with van der Waals surface area (Å²) in [4.78, 5) is 3.08. The number of hydrogen-bond acceptors (Lipinski definition) is 7. The Labute approximate surface area is 140 Å². The van der Waals surface area contributed by atoms with E-state index in [9.17, 15) is 8.42 Å². The monoisotopic (exact) mass is 370 g/mol. The van der Waals surface area contributed by atoms with Gasteiger partial charge in [0.1, 0.15) is 5.50 Å². The van der Waals surface area contributed by atoms with E-state index in [0.717, 1.165) is 0 Å². The van der Waals surface area contributed by atoms with Gasteiger partial charge in [0.2, 0.25) is 5.82 Å². The molecular weight excluding hydrogens is 360 g/mol. The van der Waals surface area contributed by atoms with Gasteiger partial charge in [-0.3, -0.25) is 0 Å². The lowest BCUT2D eigenvalue weighted by Gasteiger charge is -2.13. The van der Waals surface area contributed by atoms with Crippen LogP contribution in [0.1, 0.15) is 10.4 Å². The van der Waals surface area contributed by atoms with Gasteiger partial charge in [0.15, 0.2) is 0 Å². The minimum atomic E-state index is -3.70. The van der Waals surface area contributed by atoms with Crippen LogP contribution in [0.3, 0.4) is 0 Å². The average Bonchev–Trinajstić information content (AvgIpc) is 3.24. The van der Waals surface area contributed by atoms with Crippen molar-refractivity contribution in [1.82, 2.24) is 30.9 Å². The van der Waals surface area contributed by atoms with E-state index in [1.165, 1.54) is 23.5 Å². The Morgan fingerprint density at radius 2 is 2.00 bits per heavy atom. The van der Waals surface area contributed by atoms with Gasteiger partial charge in [-0.05, 0) is 28.8 Å². The molecule has 120 valence electrons. The predicted octanol–water partition coefficient (Wildman–Crippen LogP) is 1.65. The zero-order chi connectivity index (χ0) is 16.3. The van der Waals surface area contributed by atoms with Crippen LogP contribution in [0.5, 0.6) is 0 Å². The fourth-order valence-corrected chi connectivity index (χ4v) is 3.94. The Kier molecular flexibility index (Phi) is 4.68. The zero-order valence-electron chi connectivity index (χ0n) is 11.5. The summed E-state index contributed by atoms with van der Waals surface area (Å²) < 4.78 is 24.3. The summed E-state index contributed by atoms with van der Waals surface area (Å²) in [5.74, 6) is 0.389. The van der Waals surface area contributed by atoms with E-state index >= 15 is 0 Å². The second-order valence-electron chi connectivity index (χ2n) is 4.36. The molecule has 23 heavy (non-hydrogen) atoms. The summed E-state index contributed by atoms with van der Waals surface area (Å²) in [7, 11) is -3.70. The summed E-state index contributed by atoms with van der Waals surface area (Å²) in [6.45, 7) is 0. The van der Waals surface area contributed by atoms with Gasteiger partial charge in [0.25, 0.3) is 10.0 Å². The SMILES string of the molecule is O=S(=O)(NNC(Cl)c1sccc1-c1nn[nH]n1)c1ccccc1. The fourth-order valence-electron chi connectivity index (χ4n) is 1.83. The van der Waals surface area contributed by atoms with Crippen molar-refractivity contribution in [2.24, 2.45) is 0 Å². The molecule has 1 unspecified atom stereocenters. The van der Waals surface area contributed by atoms with E-state index in [0.29, 0.717) is 16.3 Å². The van der Waals surface area contributed by atoms with E-state index in [-0.39, 0.29) is 4.90 Å². The molecule has 8 nitrogen and oxygen atoms in total. The van der Waals surface area contributed by atoms with Gasteiger partial charge < -0.3 is 0 Å². The first kappa shape index (κ1) is 16.0. The number of H-pyrrole nitrogens is 1. The van der Waals surface area contributed by atoms with Crippen LogP contribution in [0, 0.1) is 0 Å². The molecule has 0 spiro atoms. The number of hydrogen-bond donors (Lipinski definition) is 3. The lowest BCUT2D eigenvalue weighted by Crippen LogP contribution is -2.38. The number of aromatic amines is 1. The molecule has 0 saturated heterocycles. The topological polar surface area (TPSA) is 113 Å². The first-order valence-electron chi connectivity index (χ1n) is 6.35. The number of nitrogens with one attached hydrogen (secondary N) is 3. The van der Waals surface area contributed by atoms with Crippen LogP contribution in [0.2, 0.25) is 0 Å². The van der Waals surface area contributed by atoms with Crippen molar-refractivity contribution in [2.75, 3.05) is 0 Å². The van der Waals surface area contributed by atoms with Crippen molar-refractivity contribution >= 4 is 33.0 Å². The normalized spacial score (nSPS) is 13.1. The van der Waals surface area contributed by atoms with Crippen LogP contribution >= 0.6 is 22.9 Å². The van der Waals surface area contributed by atoms with Gasteiger partial charge in [0, 0.05) is 10.4 Å². The molecule has 0 aliphatic rings. The molecule has 0 amide bonds. The number of aromatic nitrogens is 4. The fraction of sp³-hybridized carbons (Fsp3) is 0.0833. The first-order valence-corrected chi connectivity index (χ1v) is 9.15. The lowest BCUT2D eigenvalue weighted by atomic mass is 10.2. The Balaban J connectivity index is 1.74. The van der Waals surface area contributed by atoms with Gasteiger partial charge in [0.05, 0.1) is 4.90 Å². The quantitative estimate of drug-likeness (QED) is 0.345. The maximum absolute atomic E-state index is 12.2. The highest BCUT2D eigenvalue weighted by molar-refractivity contribution is 7.89. The number of rotatable bonds is 6. The zero-order valence-corrected chi connectivity index (χ0v) is 13.9. The molecule has 0 saturated carbocycles. The van der Waals surface area contributed by atoms with Crippen molar-refractivity contribution in [3.63, 3.8) is 0 Å². The Morgan fingerprint density at radius 1 is 1.22 bits per heavy atom. The van der Waals surface area contributed by atoms with Gasteiger partial charge in [-0.25, -0.2) is 13.8 Å². The van der Waals surface area contributed by atoms with Crippen molar-refractivity contribution in [3.8, 4) is 11.4 Å². The molecule has 0 bridgehead atoms. The minimum Gasteiger partial charge on any atom is -0.221 e. The van der Waals surface area contributed by atoms with E-state index in [2.05, 4.69) is 30.9 Å². The molecule has 3 rings (SSSR count). The van der Waals surface area contributed by atoms with E-state index in [1.54, 1.807) is 24.3 Å². The third kappa shape index (κ3) is 3.57. The Bertz CT molecular complexity index is 866. The summed E-state index contributed by atoms with van der Waals surface area (Å²) in [6, 6.07) is 9.78. The number of nitrogens with zero attached hydrogens (tertiary/aromatic N) is 3. The second-order valence-corrected chi connectivity index (χ2v) is 7.43. The maximum atomic E-state index is 12.2. The highest BCUT2D eigenvalue weighted by Gasteiger charge is 2.20. The van der Waals surface area contributed by atoms with Crippen molar-refractivity contribution in [2.45, 2.75) is 10.4 Å². The van der Waals surface area contributed by atoms with Crippen molar-refractivity contribution in [1.29, 1.82) is 0 Å². The molecule has 0 aliphatic heterocycles. The van der Waals surface area contributed by atoms with Gasteiger partial charge >= 0.3 is 0 Å². The molecular formula is C12H11ClN6O2S2. The van der Waals surface area contributed by atoms with Crippen LogP contribution in [-0.4, -0.2) is 29.0 Å². The average molecular weight is 371 g/mol. The molecule has 0 aliphatic carbocycles. The predicted molar refractivity (Wildman–Crippen MR) is 86.0 cm³/mol. The summed E-state index contributed by atoms with van der Waals surface area (Å²) in [5.41, 5.74) is 2.46. The second kappa shape index (κ2) is 6.72. The Hall–Kier alpha value is -1.85. The number of hydrazine groups is 1. The minimum absolute atomic E-state index is 0.140. The highest BCUT2D eigenvalue weighted by atomic mass is 35.5. The number of alkyl halides is 1. The van der Waals surface area contributed by atoms with Crippen molar-refractivity contribution < 1.29 is 8.42 Å². The van der Waals surface area contributed by atoms with Gasteiger partial charge in [-0.2, -0.15) is 5.21 Å². The van der Waals surface area contributed by atoms with E-state index in [1.807, 2.05) is 5.38 Å². The summed E-state index contributed by atoms with van der Waals surface area (Å²) >= 11 is 7.60. The molecule has 0 fully saturated rings. The van der Waals surface area contributed by atoms with Crippen LogP contribution in [0.4, 0.5) is 0 Å². The van der Waals surface area contributed by atoms with Crippen LogP contribution in [-0.2, 0) is 10.0 Å². The van der Waals surface area contributed by atoms with Gasteiger partial charge in [-0.1, -0.05) is 29.8 Å². The number of sulfonamides is 1. The standard InChI is InChI=1S/C12H11ClN6O2S2/c13-11(10-9(6-7-22-10)12-15-17-18-16-12)14-19-23(20,21)8-4-2-1-3-5-8/h1-7,11,14,19H,(H,15,16,17,18). The van der Waals surface area contributed by atoms with E-state index in [4.69, 9.17) is 11.6 Å².